The van der Waals surface area contributed by atoms with Crippen LogP contribution in [0.4, 0.5) is 4.39 Å². The van der Waals surface area contributed by atoms with Crippen LogP contribution in [0.1, 0.15) is 25.8 Å². The summed E-state index contributed by atoms with van der Waals surface area (Å²) >= 11 is 0. The molecule has 122 valence electrons. The lowest BCUT2D eigenvalue weighted by Gasteiger charge is -2.19. The molecular weight excluding hydrogens is 289 g/mol. The van der Waals surface area contributed by atoms with Gasteiger partial charge >= 0.3 is 5.97 Å². The lowest BCUT2D eigenvalue weighted by molar-refractivity contribution is -0.146. The largest absolute Gasteiger partial charge is 0.467 e. The first-order valence-corrected chi connectivity index (χ1v) is 7.14. The molecule has 22 heavy (non-hydrogen) atoms. The monoisotopic (exact) mass is 311 g/mol. The second-order valence-corrected chi connectivity index (χ2v) is 5.53. The molecule has 5 nitrogen and oxygen atoms in total. The van der Waals surface area contributed by atoms with E-state index in [2.05, 4.69) is 10.1 Å². The minimum atomic E-state index is -1.22. The van der Waals surface area contributed by atoms with Crippen molar-refractivity contribution in [3.05, 3.63) is 35.6 Å². The molecule has 0 fully saturated rings. The molecule has 0 aliphatic carbocycles. The van der Waals surface area contributed by atoms with Gasteiger partial charge in [-0.25, -0.2) is 9.18 Å². The molecule has 1 amide bonds. The van der Waals surface area contributed by atoms with Gasteiger partial charge < -0.3 is 15.2 Å². The van der Waals surface area contributed by atoms with Gasteiger partial charge in [0.1, 0.15) is 18.0 Å². The van der Waals surface area contributed by atoms with Gasteiger partial charge in [-0.1, -0.05) is 32.0 Å². The highest BCUT2D eigenvalue weighted by Gasteiger charge is 2.26. The number of benzene rings is 1. The molecule has 0 radical (unpaired) electrons. The molecule has 6 heteroatoms. The van der Waals surface area contributed by atoms with Crippen LogP contribution >= 0.6 is 0 Å². The number of aliphatic hydroxyl groups is 1. The first-order chi connectivity index (χ1) is 10.3. The number of aliphatic hydroxyl groups excluding tert-OH is 1. The van der Waals surface area contributed by atoms with Crippen LogP contribution in [0.15, 0.2) is 24.3 Å². The van der Waals surface area contributed by atoms with E-state index in [0.717, 1.165) is 0 Å². The number of carbonyl (C=O) groups excluding carboxylic acids is 2. The zero-order chi connectivity index (χ0) is 16.7. The molecule has 0 spiro atoms. The van der Waals surface area contributed by atoms with Crippen LogP contribution in [-0.2, 0) is 20.7 Å². The van der Waals surface area contributed by atoms with E-state index < -0.39 is 29.8 Å². The van der Waals surface area contributed by atoms with Crippen molar-refractivity contribution >= 4 is 11.9 Å². The molecule has 0 heterocycles. The topological polar surface area (TPSA) is 75.6 Å². The van der Waals surface area contributed by atoms with Gasteiger partial charge in [-0.3, -0.25) is 4.79 Å². The van der Waals surface area contributed by atoms with Gasteiger partial charge in [0.2, 0.25) is 5.91 Å². The Morgan fingerprint density at radius 2 is 1.95 bits per heavy atom. The fourth-order valence-corrected chi connectivity index (χ4v) is 2.04. The maximum atomic E-state index is 13.7. The Balaban J connectivity index is 2.79. The second-order valence-electron chi connectivity index (χ2n) is 5.53. The minimum Gasteiger partial charge on any atom is -0.467 e. The second kappa shape index (κ2) is 8.48. The Morgan fingerprint density at radius 3 is 2.50 bits per heavy atom. The van der Waals surface area contributed by atoms with Crippen LogP contribution < -0.4 is 5.32 Å². The van der Waals surface area contributed by atoms with Gasteiger partial charge in [0, 0.05) is 6.42 Å². The number of rotatable bonds is 7. The van der Waals surface area contributed by atoms with Gasteiger partial charge in [0.15, 0.2) is 0 Å². The molecule has 0 bridgehead atoms. The van der Waals surface area contributed by atoms with E-state index in [0.29, 0.717) is 0 Å². The Labute approximate surface area is 129 Å². The van der Waals surface area contributed by atoms with Crippen LogP contribution in [0.2, 0.25) is 0 Å². The summed E-state index contributed by atoms with van der Waals surface area (Å²) < 4.78 is 18.3. The normalized spacial score (nSPS) is 13.5. The summed E-state index contributed by atoms with van der Waals surface area (Å²) in [5, 5.41) is 12.2. The van der Waals surface area contributed by atoms with E-state index >= 15 is 0 Å². The number of hydrogen-bond acceptors (Lipinski definition) is 4. The summed E-state index contributed by atoms with van der Waals surface area (Å²) in [6, 6.07) is 4.94. The maximum absolute atomic E-state index is 13.7. The van der Waals surface area contributed by atoms with Crippen molar-refractivity contribution in [2.75, 3.05) is 7.11 Å². The smallest absolute Gasteiger partial charge is 0.328 e. The van der Waals surface area contributed by atoms with Crippen LogP contribution in [-0.4, -0.2) is 36.2 Å². The summed E-state index contributed by atoms with van der Waals surface area (Å²) in [6.45, 7) is 3.74. The number of hydrogen-bond donors (Lipinski definition) is 2. The average Bonchev–Trinajstić information content (AvgIpc) is 2.47. The van der Waals surface area contributed by atoms with Crippen molar-refractivity contribution in [1.29, 1.82) is 0 Å². The van der Waals surface area contributed by atoms with E-state index in [4.69, 9.17) is 0 Å². The van der Waals surface area contributed by atoms with E-state index in [9.17, 15) is 19.1 Å². The van der Waals surface area contributed by atoms with Crippen molar-refractivity contribution in [3.8, 4) is 0 Å². The van der Waals surface area contributed by atoms with Gasteiger partial charge in [0.05, 0.1) is 7.11 Å². The molecule has 0 saturated heterocycles. The Hall–Kier alpha value is -1.95. The summed E-state index contributed by atoms with van der Waals surface area (Å²) in [5.74, 6) is -1.69. The van der Waals surface area contributed by atoms with E-state index in [1.165, 1.54) is 25.3 Å². The fraction of sp³-hybridized carbons (Fsp3) is 0.500. The average molecular weight is 311 g/mol. The zero-order valence-corrected chi connectivity index (χ0v) is 13.0. The quantitative estimate of drug-likeness (QED) is 0.747. The highest BCUT2D eigenvalue weighted by molar-refractivity contribution is 5.87. The lowest BCUT2D eigenvalue weighted by Crippen LogP contribution is -2.47. The SMILES string of the molecule is COC(=O)[C@@H](Cc1ccccc1F)NC(=O)[C@@H](O)CC(C)C. The van der Waals surface area contributed by atoms with Crippen molar-refractivity contribution < 1.29 is 23.8 Å². The van der Waals surface area contributed by atoms with Gasteiger partial charge in [-0.2, -0.15) is 0 Å². The van der Waals surface area contributed by atoms with Crippen molar-refractivity contribution in [1.82, 2.24) is 5.32 Å². The standard InChI is InChI=1S/C16H22FNO4/c1-10(2)8-14(19)15(20)18-13(16(21)22-3)9-11-6-4-5-7-12(11)17/h4-7,10,13-14,19H,8-9H2,1-3H3,(H,18,20)/t13-,14+/m1/s1. The fourth-order valence-electron chi connectivity index (χ4n) is 2.04. The number of carbonyl (C=O) groups is 2. The number of ether oxygens (including phenoxy) is 1. The van der Waals surface area contributed by atoms with Crippen molar-refractivity contribution in [3.63, 3.8) is 0 Å². The number of nitrogens with one attached hydrogen (secondary N) is 1. The van der Waals surface area contributed by atoms with Gasteiger partial charge in [0.25, 0.3) is 0 Å². The van der Waals surface area contributed by atoms with Crippen molar-refractivity contribution in [2.24, 2.45) is 5.92 Å². The third-order valence-electron chi connectivity index (χ3n) is 3.18. The Kier molecular flexibility index (Phi) is 6.98. The van der Waals surface area contributed by atoms with Gasteiger partial charge in [-0.05, 0) is 24.0 Å². The number of amides is 1. The van der Waals surface area contributed by atoms with Gasteiger partial charge in [-0.15, -0.1) is 0 Å². The first kappa shape index (κ1) is 18.1. The summed E-state index contributed by atoms with van der Waals surface area (Å²) in [6.07, 6.45) is -0.980. The van der Waals surface area contributed by atoms with E-state index in [1.54, 1.807) is 6.07 Å². The Morgan fingerprint density at radius 1 is 1.32 bits per heavy atom. The van der Waals surface area contributed by atoms with Crippen LogP contribution in [0.25, 0.3) is 0 Å². The molecule has 0 aliphatic rings. The minimum absolute atomic E-state index is 0.0422. The van der Waals surface area contributed by atoms with Crippen LogP contribution in [0.5, 0.6) is 0 Å². The highest BCUT2D eigenvalue weighted by atomic mass is 19.1. The predicted molar refractivity (Wildman–Crippen MR) is 79.5 cm³/mol. The molecule has 2 N–H and O–H groups in total. The highest BCUT2D eigenvalue weighted by Crippen LogP contribution is 2.11. The van der Waals surface area contributed by atoms with E-state index in [1.807, 2.05) is 13.8 Å². The van der Waals surface area contributed by atoms with Crippen LogP contribution in [0, 0.1) is 11.7 Å². The number of methoxy groups -OCH3 is 1. The molecule has 1 aromatic carbocycles. The number of halogens is 1. The summed E-state index contributed by atoms with van der Waals surface area (Å²) in [4.78, 5) is 23.7. The third-order valence-corrected chi connectivity index (χ3v) is 3.18. The Bertz CT molecular complexity index is 519. The molecule has 2 atom stereocenters. The predicted octanol–water partition coefficient (Wildman–Crippen LogP) is 1.43. The third kappa shape index (κ3) is 5.44. The molecule has 0 unspecified atom stereocenters. The number of esters is 1. The molecule has 1 aromatic rings. The van der Waals surface area contributed by atoms with E-state index in [-0.39, 0.29) is 24.3 Å². The van der Waals surface area contributed by atoms with Crippen molar-refractivity contribution in [2.45, 2.75) is 38.8 Å². The lowest BCUT2D eigenvalue weighted by atomic mass is 10.0. The molecule has 0 aliphatic heterocycles. The van der Waals surface area contributed by atoms with Crippen LogP contribution in [0.3, 0.4) is 0 Å². The molecular formula is C16H22FNO4. The molecule has 0 saturated carbocycles. The zero-order valence-electron chi connectivity index (χ0n) is 13.0. The first-order valence-electron chi connectivity index (χ1n) is 7.14. The molecule has 0 aromatic heterocycles. The summed E-state index contributed by atoms with van der Waals surface area (Å²) in [7, 11) is 1.19. The maximum Gasteiger partial charge on any atom is 0.328 e. The summed E-state index contributed by atoms with van der Waals surface area (Å²) in [5.41, 5.74) is 0.288. The molecule has 1 rings (SSSR count).